The number of fused-ring (bicyclic) bond motifs is 2. The molecule has 3 atom stereocenters. The van der Waals surface area contributed by atoms with Crippen LogP contribution in [0.25, 0.3) is 5.57 Å². The van der Waals surface area contributed by atoms with Crippen molar-refractivity contribution in [2.24, 2.45) is 5.92 Å². The number of ketones is 1. The lowest BCUT2D eigenvalue weighted by molar-refractivity contribution is -0.145. The molecule has 3 rings (SSSR count). The third-order valence-electron chi connectivity index (χ3n) is 4.34. The van der Waals surface area contributed by atoms with Crippen molar-refractivity contribution in [1.29, 1.82) is 0 Å². The molecule has 4 heteroatoms. The fourth-order valence-corrected chi connectivity index (χ4v) is 3.36. The van der Waals surface area contributed by atoms with E-state index in [4.69, 9.17) is 4.74 Å². The van der Waals surface area contributed by atoms with Gasteiger partial charge in [-0.1, -0.05) is 30.3 Å². The molecule has 104 valence electrons. The Hall–Kier alpha value is -1.94. The van der Waals surface area contributed by atoms with Crippen molar-refractivity contribution in [3.63, 3.8) is 0 Å². The quantitative estimate of drug-likeness (QED) is 0.765. The molecule has 4 nitrogen and oxygen atoms in total. The van der Waals surface area contributed by atoms with Crippen LogP contribution in [0.2, 0.25) is 0 Å². The molecule has 0 amide bonds. The lowest BCUT2D eigenvalue weighted by Gasteiger charge is -2.32. The summed E-state index contributed by atoms with van der Waals surface area (Å²) in [6.07, 6.45) is 2.24. The van der Waals surface area contributed by atoms with Gasteiger partial charge in [0.05, 0.1) is 19.1 Å². The molecular formula is C16H17NO3. The second-order valence-electron chi connectivity index (χ2n) is 5.36. The van der Waals surface area contributed by atoms with Gasteiger partial charge in [-0.15, -0.1) is 0 Å². The number of ether oxygens (including phenoxy) is 1. The van der Waals surface area contributed by atoms with Crippen molar-refractivity contribution in [2.45, 2.75) is 18.5 Å². The van der Waals surface area contributed by atoms with Crippen LogP contribution >= 0.6 is 0 Å². The molecule has 1 aromatic rings. The van der Waals surface area contributed by atoms with Gasteiger partial charge < -0.3 is 4.74 Å². The van der Waals surface area contributed by atoms with Crippen LogP contribution in [0.3, 0.4) is 0 Å². The normalized spacial score (nSPS) is 29.2. The van der Waals surface area contributed by atoms with Crippen LogP contribution in [0.1, 0.15) is 12.0 Å². The summed E-state index contributed by atoms with van der Waals surface area (Å²) >= 11 is 0. The van der Waals surface area contributed by atoms with Gasteiger partial charge in [-0.2, -0.15) is 0 Å². The standard InChI is InChI=1S/C16H17NO3/c1-17-13-8-12(16(19)20-2)15(17)11(9-14(13)18)10-6-4-3-5-7-10/h3-7,9,12-13,15H,8H2,1-2H3/t12-,13?,15?/m0/s1. The minimum absolute atomic E-state index is 0.0763. The average molecular weight is 271 g/mol. The van der Waals surface area contributed by atoms with Gasteiger partial charge in [-0.25, -0.2) is 0 Å². The molecule has 0 spiro atoms. The van der Waals surface area contributed by atoms with Crippen LogP contribution in [0.4, 0.5) is 0 Å². The van der Waals surface area contributed by atoms with Crippen molar-refractivity contribution >= 4 is 17.3 Å². The Morgan fingerprint density at radius 1 is 1.30 bits per heavy atom. The van der Waals surface area contributed by atoms with Gasteiger partial charge in [0.15, 0.2) is 5.78 Å². The Labute approximate surface area is 118 Å². The fourth-order valence-electron chi connectivity index (χ4n) is 3.36. The van der Waals surface area contributed by atoms with E-state index in [9.17, 15) is 9.59 Å². The first-order valence-corrected chi connectivity index (χ1v) is 6.74. The molecule has 2 bridgehead atoms. The van der Waals surface area contributed by atoms with Gasteiger partial charge in [0.2, 0.25) is 0 Å². The number of nitrogens with zero attached hydrogens (tertiary/aromatic N) is 1. The van der Waals surface area contributed by atoms with E-state index in [1.807, 2.05) is 42.3 Å². The fraction of sp³-hybridized carbons (Fsp3) is 0.375. The summed E-state index contributed by atoms with van der Waals surface area (Å²) in [5.41, 5.74) is 1.91. The summed E-state index contributed by atoms with van der Waals surface area (Å²) in [5.74, 6) is -0.428. The summed E-state index contributed by atoms with van der Waals surface area (Å²) in [4.78, 5) is 26.2. The summed E-state index contributed by atoms with van der Waals surface area (Å²) < 4.78 is 4.91. The van der Waals surface area contributed by atoms with Gasteiger partial charge in [0.25, 0.3) is 0 Å². The van der Waals surface area contributed by atoms with Crippen LogP contribution in [0.15, 0.2) is 36.4 Å². The second-order valence-corrected chi connectivity index (χ2v) is 5.36. The zero-order chi connectivity index (χ0) is 14.3. The van der Waals surface area contributed by atoms with Crippen LogP contribution in [-0.4, -0.2) is 42.9 Å². The highest BCUT2D eigenvalue weighted by molar-refractivity contribution is 6.05. The summed E-state index contributed by atoms with van der Waals surface area (Å²) in [5, 5.41) is 0. The van der Waals surface area contributed by atoms with Gasteiger partial charge in [0, 0.05) is 6.04 Å². The Balaban J connectivity index is 2.05. The SMILES string of the molecule is COC(=O)[C@H]1CC2C(=O)C=C(c3ccccc3)C1N2C. The Kier molecular flexibility index (Phi) is 3.18. The van der Waals surface area contributed by atoms with E-state index in [0.717, 1.165) is 11.1 Å². The van der Waals surface area contributed by atoms with E-state index in [1.165, 1.54) is 7.11 Å². The molecule has 2 aliphatic rings. The highest BCUT2D eigenvalue weighted by Crippen LogP contribution is 2.41. The molecule has 1 aromatic carbocycles. The van der Waals surface area contributed by atoms with Crippen molar-refractivity contribution in [1.82, 2.24) is 4.90 Å². The zero-order valence-corrected chi connectivity index (χ0v) is 11.6. The minimum atomic E-state index is -0.270. The van der Waals surface area contributed by atoms with E-state index < -0.39 is 0 Å². The monoisotopic (exact) mass is 271 g/mol. The van der Waals surface area contributed by atoms with E-state index in [0.29, 0.717) is 6.42 Å². The number of carbonyl (C=O) groups is 2. The smallest absolute Gasteiger partial charge is 0.310 e. The van der Waals surface area contributed by atoms with Crippen LogP contribution in [-0.2, 0) is 14.3 Å². The van der Waals surface area contributed by atoms with Crippen molar-refractivity contribution < 1.29 is 14.3 Å². The molecular weight excluding hydrogens is 254 g/mol. The van der Waals surface area contributed by atoms with Gasteiger partial charge in [-0.05, 0) is 30.7 Å². The van der Waals surface area contributed by atoms with E-state index in [1.54, 1.807) is 6.08 Å². The van der Waals surface area contributed by atoms with Crippen LogP contribution in [0.5, 0.6) is 0 Å². The Bertz CT molecular complexity index is 579. The first kappa shape index (κ1) is 13.1. The predicted octanol–water partition coefficient (Wildman–Crippen LogP) is 1.51. The number of likely N-dealkylation sites (N-methyl/N-ethyl adjacent to an activating group) is 1. The molecule has 0 aromatic heterocycles. The molecule has 1 fully saturated rings. The number of carbonyl (C=O) groups excluding carboxylic acids is 2. The summed E-state index contributed by atoms with van der Waals surface area (Å²) in [6.45, 7) is 0. The zero-order valence-electron chi connectivity index (χ0n) is 11.6. The van der Waals surface area contributed by atoms with Gasteiger partial charge >= 0.3 is 5.97 Å². The van der Waals surface area contributed by atoms with Crippen LogP contribution < -0.4 is 0 Å². The van der Waals surface area contributed by atoms with E-state index in [2.05, 4.69) is 0 Å². The van der Waals surface area contributed by atoms with E-state index >= 15 is 0 Å². The number of hydrogen-bond donors (Lipinski definition) is 0. The lowest BCUT2D eigenvalue weighted by atomic mass is 9.89. The number of hydrogen-bond acceptors (Lipinski definition) is 4. The van der Waals surface area contributed by atoms with E-state index in [-0.39, 0.29) is 29.8 Å². The van der Waals surface area contributed by atoms with Gasteiger partial charge in [-0.3, -0.25) is 14.5 Å². The highest BCUT2D eigenvalue weighted by Gasteiger charge is 2.50. The summed E-state index contributed by atoms with van der Waals surface area (Å²) in [6, 6.07) is 9.49. The molecule has 0 N–H and O–H groups in total. The van der Waals surface area contributed by atoms with Crippen LogP contribution in [0, 0.1) is 5.92 Å². The average Bonchev–Trinajstić information content (AvgIpc) is 2.72. The molecule has 0 saturated carbocycles. The second kappa shape index (κ2) is 4.87. The number of benzene rings is 1. The maximum Gasteiger partial charge on any atom is 0.310 e. The largest absolute Gasteiger partial charge is 0.469 e. The number of methoxy groups -OCH3 is 1. The molecule has 20 heavy (non-hydrogen) atoms. The first-order valence-electron chi connectivity index (χ1n) is 6.74. The van der Waals surface area contributed by atoms with Crippen molar-refractivity contribution in [2.75, 3.05) is 14.2 Å². The predicted molar refractivity (Wildman–Crippen MR) is 74.9 cm³/mol. The molecule has 2 heterocycles. The Morgan fingerprint density at radius 2 is 2.00 bits per heavy atom. The summed E-state index contributed by atoms with van der Waals surface area (Å²) in [7, 11) is 3.31. The molecule has 0 aliphatic carbocycles. The molecule has 1 saturated heterocycles. The molecule has 2 unspecified atom stereocenters. The lowest BCUT2D eigenvalue weighted by Crippen LogP contribution is -2.43. The first-order chi connectivity index (χ1) is 9.63. The Morgan fingerprint density at radius 3 is 2.65 bits per heavy atom. The van der Waals surface area contributed by atoms with Crippen molar-refractivity contribution in [3.05, 3.63) is 42.0 Å². The maximum absolute atomic E-state index is 12.2. The topological polar surface area (TPSA) is 46.6 Å². The van der Waals surface area contributed by atoms with Crippen molar-refractivity contribution in [3.8, 4) is 0 Å². The maximum atomic E-state index is 12.2. The van der Waals surface area contributed by atoms with Gasteiger partial charge in [0.1, 0.15) is 0 Å². The molecule has 0 radical (unpaired) electrons. The number of rotatable bonds is 2. The number of esters is 1. The third-order valence-corrected chi connectivity index (χ3v) is 4.34. The third kappa shape index (κ3) is 1.88. The minimum Gasteiger partial charge on any atom is -0.469 e. The highest BCUT2D eigenvalue weighted by atomic mass is 16.5. The molecule has 2 aliphatic heterocycles.